The molecule has 1 aliphatic heterocycles. The van der Waals surface area contributed by atoms with Crippen LogP contribution in [0.15, 0.2) is 30.7 Å². The molecular formula is C23H30N6O2S. The van der Waals surface area contributed by atoms with Crippen LogP contribution in [0.25, 0.3) is 22.2 Å². The Balaban J connectivity index is 1.47. The maximum absolute atomic E-state index is 11.5. The number of hydrogen-bond donors (Lipinski definition) is 2. The van der Waals surface area contributed by atoms with Crippen LogP contribution in [0.4, 0.5) is 5.82 Å². The summed E-state index contributed by atoms with van der Waals surface area (Å²) in [5, 5.41) is 0.867. The maximum atomic E-state index is 11.5. The number of aromatic nitrogens is 3. The molecule has 0 atom stereocenters. The van der Waals surface area contributed by atoms with Gasteiger partial charge in [0.15, 0.2) is 0 Å². The van der Waals surface area contributed by atoms with Gasteiger partial charge in [-0.2, -0.15) is 0 Å². The first kappa shape index (κ1) is 21.4. The summed E-state index contributed by atoms with van der Waals surface area (Å²) >= 11 is 0. The largest absolute Gasteiger partial charge is 0.383 e. The van der Waals surface area contributed by atoms with Crippen LogP contribution in [0.5, 0.6) is 0 Å². The molecule has 1 saturated carbocycles. The van der Waals surface area contributed by atoms with E-state index in [1.165, 1.54) is 38.6 Å². The van der Waals surface area contributed by atoms with Crippen molar-refractivity contribution in [3.05, 3.63) is 41.9 Å². The van der Waals surface area contributed by atoms with E-state index in [4.69, 9.17) is 5.73 Å². The van der Waals surface area contributed by atoms with Crippen molar-refractivity contribution in [2.75, 3.05) is 31.6 Å². The van der Waals surface area contributed by atoms with Gasteiger partial charge in [-0.05, 0) is 62.4 Å². The number of sulfonamides is 1. The molecule has 0 bridgehead atoms. The average molecular weight is 455 g/mol. The molecule has 3 aromatic rings. The van der Waals surface area contributed by atoms with Crippen molar-refractivity contribution >= 4 is 26.9 Å². The van der Waals surface area contributed by atoms with Crippen molar-refractivity contribution in [3.8, 4) is 11.1 Å². The molecule has 5 rings (SSSR count). The first-order valence-corrected chi connectivity index (χ1v) is 13.0. The molecule has 1 saturated heterocycles. The summed E-state index contributed by atoms with van der Waals surface area (Å²) in [5.41, 5.74) is 11.1. The third-order valence-corrected chi connectivity index (χ3v) is 7.36. The molecule has 0 spiro atoms. The van der Waals surface area contributed by atoms with Crippen molar-refractivity contribution in [1.82, 2.24) is 24.2 Å². The molecule has 2 aromatic heterocycles. The lowest BCUT2D eigenvalue weighted by atomic mass is 9.79. The van der Waals surface area contributed by atoms with Gasteiger partial charge in [0.05, 0.1) is 11.6 Å². The quantitative estimate of drug-likeness (QED) is 0.569. The van der Waals surface area contributed by atoms with Gasteiger partial charge in [0, 0.05) is 30.9 Å². The summed E-state index contributed by atoms with van der Waals surface area (Å²) in [4.78, 5) is 11.4. The van der Waals surface area contributed by atoms with Gasteiger partial charge in [-0.25, -0.2) is 23.1 Å². The summed E-state index contributed by atoms with van der Waals surface area (Å²) < 4.78 is 27.9. The normalized spacial score (nSPS) is 21.4. The average Bonchev–Trinajstić information content (AvgIpc) is 3.04. The number of rotatable bonds is 7. The highest BCUT2D eigenvalue weighted by molar-refractivity contribution is 7.88. The van der Waals surface area contributed by atoms with Gasteiger partial charge in [-0.1, -0.05) is 17.7 Å². The Bertz CT molecular complexity index is 1260. The molecule has 0 amide bonds. The molecule has 3 N–H and O–H groups in total. The molecule has 0 radical (unpaired) electrons. The minimum Gasteiger partial charge on any atom is -0.383 e. The van der Waals surface area contributed by atoms with E-state index in [2.05, 4.69) is 36.4 Å². The lowest BCUT2D eigenvalue weighted by molar-refractivity contribution is 0.0921. The lowest BCUT2D eigenvalue weighted by Crippen LogP contribution is -2.43. The van der Waals surface area contributed by atoms with E-state index in [1.54, 1.807) is 0 Å². The zero-order valence-electron chi connectivity index (χ0n) is 18.6. The Labute approximate surface area is 188 Å². The predicted octanol–water partition coefficient (Wildman–Crippen LogP) is 2.69. The first-order valence-electron chi connectivity index (χ1n) is 11.2. The fraction of sp³-hybridized carbons (Fsp3) is 0.478. The number of nitrogen functional groups attached to an aromatic ring is 1. The van der Waals surface area contributed by atoms with Gasteiger partial charge in [0.1, 0.15) is 17.8 Å². The van der Waals surface area contributed by atoms with Crippen LogP contribution < -0.4 is 10.5 Å². The minimum atomic E-state index is -3.27. The van der Waals surface area contributed by atoms with E-state index < -0.39 is 10.0 Å². The number of aryl methyl sites for hydroxylation is 1. The first-order chi connectivity index (χ1) is 15.3. The summed E-state index contributed by atoms with van der Waals surface area (Å²) in [6, 6.07) is 6.53. The van der Waals surface area contributed by atoms with Crippen LogP contribution >= 0.6 is 0 Å². The zero-order valence-corrected chi connectivity index (χ0v) is 19.4. The maximum Gasteiger partial charge on any atom is 0.209 e. The third-order valence-electron chi connectivity index (χ3n) is 6.69. The predicted molar refractivity (Wildman–Crippen MR) is 127 cm³/mol. The molecule has 9 heteroatoms. The van der Waals surface area contributed by atoms with Crippen LogP contribution in [0, 0.1) is 12.8 Å². The molecule has 32 heavy (non-hydrogen) atoms. The number of nitrogens with one attached hydrogen (secondary N) is 1. The SMILES string of the molecule is Cc1cc(CNS(C)(=O)=O)cc(-c2cn([C@H]3C[C@@H](CN4CCC4)C3)c3ncnc(N)c23)c1. The third kappa shape index (κ3) is 4.24. The van der Waals surface area contributed by atoms with Crippen LogP contribution in [0.2, 0.25) is 0 Å². The standard InChI is InChI=1S/C23H30N6O2S/c1-15-6-16(11-27-32(2,30)31)8-18(7-15)20-13-29(23-21(20)22(24)25-14-26-23)19-9-17(10-19)12-28-4-3-5-28/h6-8,13-14,17,19,27H,3-5,9-12H2,1-2H3,(H2,24,25,26)/t17-,19+. The second kappa shape index (κ2) is 8.13. The van der Waals surface area contributed by atoms with Crippen molar-refractivity contribution in [2.24, 2.45) is 5.92 Å². The smallest absolute Gasteiger partial charge is 0.209 e. The Morgan fingerprint density at radius 3 is 2.66 bits per heavy atom. The number of nitrogens with zero attached hydrogens (tertiary/aromatic N) is 4. The summed E-state index contributed by atoms with van der Waals surface area (Å²) in [7, 11) is -3.27. The summed E-state index contributed by atoms with van der Waals surface area (Å²) in [6.07, 6.45) is 8.50. The molecule has 1 aliphatic carbocycles. The Hall–Kier alpha value is -2.49. The molecule has 3 heterocycles. The van der Waals surface area contributed by atoms with E-state index in [0.717, 1.165) is 52.0 Å². The van der Waals surface area contributed by atoms with E-state index in [1.807, 2.05) is 19.1 Å². The number of likely N-dealkylation sites (tertiary alicyclic amines) is 1. The van der Waals surface area contributed by atoms with Gasteiger partial charge in [-0.15, -0.1) is 0 Å². The monoisotopic (exact) mass is 454 g/mol. The van der Waals surface area contributed by atoms with Crippen LogP contribution in [-0.2, 0) is 16.6 Å². The number of hydrogen-bond acceptors (Lipinski definition) is 6. The Morgan fingerprint density at radius 2 is 1.97 bits per heavy atom. The van der Waals surface area contributed by atoms with Gasteiger partial charge in [-0.3, -0.25) is 0 Å². The molecule has 2 aliphatic rings. The topological polar surface area (TPSA) is 106 Å². The summed E-state index contributed by atoms with van der Waals surface area (Å²) in [5.74, 6) is 1.21. The molecule has 1 aromatic carbocycles. The molecule has 2 fully saturated rings. The number of fused-ring (bicyclic) bond motifs is 1. The second-order valence-corrected chi connectivity index (χ2v) is 11.2. The van der Waals surface area contributed by atoms with Crippen molar-refractivity contribution in [3.63, 3.8) is 0 Å². The second-order valence-electron chi connectivity index (χ2n) is 9.35. The fourth-order valence-electron chi connectivity index (χ4n) is 4.95. The molecule has 8 nitrogen and oxygen atoms in total. The fourth-order valence-corrected chi connectivity index (χ4v) is 5.38. The molecule has 0 unspecified atom stereocenters. The highest BCUT2D eigenvalue weighted by atomic mass is 32.2. The number of nitrogens with two attached hydrogens (primary N) is 1. The van der Waals surface area contributed by atoms with Gasteiger partial charge < -0.3 is 15.2 Å². The van der Waals surface area contributed by atoms with Gasteiger partial charge >= 0.3 is 0 Å². The summed E-state index contributed by atoms with van der Waals surface area (Å²) in [6.45, 7) is 5.95. The van der Waals surface area contributed by atoms with Crippen LogP contribution in [0.3, 0.4) is 0 Å². The number of benzene rings is 1. The number of anilines is 1. The van der Waals surface area contributed by atoms with E-state index >= 15 is 0 Å². The van der Waals surface area contributed by atoms with Gasteiger partial charge in [0.25, 0.3) is 0 Å². The zero-order chi connectivity index (χ0) is 22.5. The Morgan fingerprint density at radius 1 is 1.19 bits per heavy atom. The van der Waals surface area contributed by atoms with E-state index in [-0.39, 0.29) is 6.54 Å². The van der Waals surface area contributed by atoms with E-state index in [0.29, 0.717) is 11.9 Å². The van der Waals surface area contributed by atoms with Crippen LogP contribution in [-0.4, -0.2) is 53.7 Å². The lowest BCUT2D eigenvalue weighted by Gasteiger charge is -2.42. The highest BCUT2D eigenvalue weighted by Crippen LogP contribution is 2.43. The highest BCUT2D eigenvalue weighted by Gasteiger charge is 2.34. The van der Waals surface area contributed by atoms with E-state index in [9.17, 15) is 8.42 Å². The van der Waals surface area contributed by atoms with Crippen LogP contribution in [0.1, 0.15) is 36.4 Å². The molecular weight excluding hydrogens is 424 g/mol. The van der Waals surface area contributed by atoms with Crippen molar-refractivity contribution < 1.29 is 8.42 Å². The van der Waals surface area contributed by atoms with Gasteiger partial charge in [0.2, 0.25) is 10.0 Å². The minimum absolute atomic E-state index is 0.249. The Kier molecular flexibility index (Phi) is 5.43. The molecule has 170 valence electrons. The van der Waals surface area contributed by atoms with Crippen molar-refractivity contribution in [1.29, 1.82) is 0 Å². The van der Waals surface area contributed by atoms with Crippen molar-refractivity contribution in [2.45, 2.75) is 38.8 Å².